The predicted molar refractivity (Wildman–Crippen MR) is 68.9 cm³/mol. The minimum absolute atomic E-state index is 0.229. The maximum atomic E-state index is 5.52. The van der Waals surface area contributed by atoms with E-state index < -0.39 is 0 Å². The lowest BCUT2D eigenvalue weighted by atomic mass is 9.96. The van der Waals surface area contributed by atoms with Crippen LogP contribution in [0.4, 0.5) is 0 Å². The molecule has 1 unspecified atom stereocenters. The molecule has 0 aromatic rings. The van der Waals surface area contributed by atoms with Gasteiger partial charge in [-0.3, -0.25) is 4.90 Å². The van der Waals surface area contributed by atoms with E-state index in [1.165, 1.54) is 0 Å². The van der Waals surface area contributed by atoms with E-state index in [2.05, 4.69) is 11.8 Å². The molecule has 2 saturated heterocycles. The lowest BCUT2D eigenvalue weighted by Gasteiger charge is -2.42. The third-order valence-electron chi connectivity index (χ3n) is 3.01. The molecule has 98 valence electrons. The van der Waals surface area contributed by atoms with Crippen LogP contribution in [-0.2, 0) is 9.47 Å². The number of nitrogens with zero attached hydrogens (tertiary/aromatic N) is 1. The first-order valence-electron chi connectivity index (χ1n) is 6.78. The molecule has 0 bridgehead atoms. The Balaban J connectivity index is 0.000000509. The van der Waals surface area contributed by atoms with Crippen LogP contribution in [0.25, 0.3) is 0 Å². The summed E-state index contributed by atoms with van der Waals surface area (Å²) < 4.78 is 11.0. The molecule has 16 heavy (non-hydrogen) atoms. The fourth-order valence-electron chi connectivity index (χ4n) is 2.22. The molecule has 2 fully saturated rings. The maximum Gasteiger partial charge on any atom is 0.0701 e. The number of rotatable bonds is 1. The summed E-state index contributed by atoms with van der Waals surface area (Å²) in [6, 6.07) is 0. The van der Waals surface area contributed by atoms with Gasteiger partial charge in [0.2, 0.25) is 0 Å². The van der Waals surface area contributed by atoms with Gasteiger partial charge in [0, 0.05) is 13.2 Å². The van der Waals surface area contributed by atoms with Crippen molar-refractivity contribution in [2.75, 3.05) is 39.5 Å². The van der Waals surface area contributed by atoms with Crippen LogP contribution in [0.5, 0.6) is 0 Å². The second-order valence-corrected chi connectivity index (χ2v) is 3.66. The summed E-state index contributed by atoms with van der Waals surface area (Å²) in [5, 5.41) is 0. The molecule has 0 aliphatic carbocycles. The van der Waals surface area contributed by atoms with Crippen LogP contribution in [0.2, 0.25) is 0 Å². The number of hydrogen-bond donors (Lipinski definition) is 0. The molecule has 0 saturated carbocycles. The van der Waals surface area contributed by atoms with Gasteiger partial charge in [-0.05, 0) is 13.0 Å². The van der Waals surface area contributed by atoms with Crippen molar-refractivity contribution in [3.05, 3.63) is 0 Å². The summed E-state index contributed by atoms with van der Waals surface area (Å²) in [6.45, 7) is 15.9. The molecule has 2 rings (SSSR count). The fourth-order valence-corrected chi connectivity index (χ4v) is 2.22. The first-order chi connectivity index (χ1) is 7.87. The van der Waals surface area contributed by atoms with Crippen molar-refractivity contribution < 1.29 is 9.47 Å². The van der Waals surface area contributed by atoms with Crippen LogP contribution < -0.4 is 0 Å². The number of ether oxygens (including phenoxy) is 2. The van der Waals surface area contributed by atoms with Crippen molar-refractivity contribution in [1.29, 1.82) is 0 Å². The van der Waals surface area contributed by atoms with E-state index in [0.717, 1.165) is 45.9 Å². The van der Waals surface area contributed by atoms with Crippen LogP contribution in [0.1, 0.15) is 41.0 Å². The van der Waals surface area contributed by atoms with Gasteiger partial charge < -0.3 is 9.47 Å². The van der Waals surface area contributed by atoms with E-state index in [1.807, 2.05) is 27.7 Å². The average Bonchev–Trinajstić information content (AvgIpc) is 2.84. The highest BCUT2D eigenvalue weighted by atomic mass is 16.5. The van der Waals surface area contributed by atoms with Gasteiger partial charge in [0.05, 0.1) is 25.4 Å². The molecule has 0 radical (unpaired) electrons. The first-order valence-corrected chi connectivity index (χ1v) is 6.78. The summed E-state index contributed by atoms with van der Waals surface area (Å²) in [4.78, 5) is 2.50. The standard InChI is InChI=1S/C9H17NO2.2C2H6/c1-2-10-4-6-12-8-9(10)3-5-11-7-9;2*1-2/h2-8H2,1H3;2*1-2H3. The van der Waals surface area contributed by atoms with E-state index in [-0.39, 0.29) is 5.54 Å². The molecule has 2 aliphatic rings. The van der Waals surface area contributed by atoms with Gasteiger partial charge >= 0.3 is 0 Å². The smallest absolute Gasteiger partial charge is 0.0701 e. The topological polar surface area (TPSA) is 21.7 Å². The number of likely N-dealkylation sites (N-methyl/N-ethyl adjacent to an activating group) is 1. The molecule has 2 aliphatic heterocycles. The Kier molecular flexibility index (Phi) is 8.90. The second kappa shape index (κ2) is 8.97. The third-order valence-corrected chi connectivity index (χ3v) is 3.01. The van der Waals surface area contributed by atoms with E-state index >= 15 is 0 Å². The first kappa shape index (κ1) is 15.9. The molecule has 0 N–H and O–H groups in total. The monoisotopic (exact) mass is 231 g/mol. The van der Waals surface area contributed by atoms with Crippen molar-refractivity contribution in [3.8, 4) is 0 Å². The van der Waals surface area contributed by atoms with Crippen LogP contribution in [0.3, 0.4) is 0 Å². The Hall–Kier alpha value is -0.120. The molecule has 2 heterocycles. The zero-order chi connectivity index (χ0) is 12.4. The summed E-state index contributed by atoms with van der Waals surface area (Å²) in [5.41, 5.74) is 0.229. The lowest BCUT2D eigenvalue weighted by Crippen LogP contribution is -2.57. The van der Waals surface area contributed by atoms with Gasteiger partial charge in [0.25, 0.3) is 0 Å². The van der Waals surface area contributed by atoms with Gasteiger partial charge in [-0.25, -0.2) is 0 Å². The van der Waals surface area contributed by atoms with Gasteiger partial charge in [0.1, 0.15) is 0 Å². The zero-order valence-electron chi connectivity index (χ0n) is 11.7. The highest BCUT2D eigenvalue weighted by Gasteiger charge is 2.42. The summed E-state index contributed by atoms with van der Waals surface area (Å²) in [5.74, 6) is 0. The van der Waals surface area contributed by atoms with Crippen molar-refractivity contribution in [1.82, 2.24) is 4.90 Å². The predicted octanol–water partition coefficient (Wildman–Crippen LogP) is 2.55. The molecular formula is C13H29NO2. The quantitative estimate of drug-likeness (QED) is 0.692. The van der Waals surface area contributed by atoms with Crippen molar-refractivity contribution in [2.24, 2.45) is 0 Å². The Morgan fingerprint density at radius 3 is 2.06 bits per heavy atom. The van der Waals surface area contributed by atoms with Crippen LogP contribution >= 0.6 is 0 Å². The highest BCUT2D eigenvalue weighted by molar-refractivity contribution is 4.95. The third kappa shape index (κ3) is 3.72. The van der Waals surface area contributed by atoms with E-state index in [4.69, 9.17) is 9.47 Å². The van der Waals surface area contributed by atoms with Gasteiger partial charge in [0.15, 0.2) is 0 Å². The molecular weight excluding hydrogens is 202 g/mol. The molecule has 0 aromatic carbocycles. The van der Waals surface area contributed by atoms with Gasteiger partial charge in [-0.2, -0.15) is 0 Å². The second-order valence-electron chi connectivity index (χ2n) is 3.66. The normalized spacial score (nSPS) is 29.1. The zero-order valence-corrected chi connectivity index (χ0v) is 11.7. The summed E-state index contributed by atoms with van der Waals surface area (Å²) in [7, 11) is 0. The Morgan fingerprint density at radius 1 is 1.00 bits per heavy atom. The Morgan fingerprint density at radius 2 is 1.56 bits per heavy atom. The molecule has 3 nitrogen and oxygen atoms in total. The van der Waals surface area contributed by atoms with E-state index in [1.54, 1.807) is 0 Å². The fraction of sp³-hybridized carbons (Fsp3) is 1.00. The molecule has 1 spiro atoms. The minimum Gasteiger partial charge on any atom is -0.379 e. The largest absolute Gasteiger partial charge is 0.379 e. The van der Waals surface area contributed by atoms with Gasteiger partial charge in [-0.1, -0.05) is 34.6 Å². The van der Waals surface area contributed by atoms with Crippen LogP contribution in [0.15, 0.2) is 0 Å². The van der Waals surface area contributed by atoms with Crippen molar-refractivity contribution in [2.45, 2.75) is 46.6 Å². The Labute approximate surface area is 101 Å². The van der Waals surface area contributed by atoms with E-state index in [0.29, 0.717) is 0 Å². The summed E-state index contributed by atoms with van der Waals surface area (Å²) >= 11 is 0. The molecule has 0 aromatic heterocycles. The van der Waals surface area contributed by atoms with E-state index in [9.17, 15) is 0 Å². The van der Waals surface area contributed by atoms with Crippen LogP contribution in [0, 0.1) is 0 Å². The SMILES string of the molecule is CC.CC.CCN1CCOCC12CCOC2. The maximum absolute atomic E-state index is 5.52. The molecule has 3 heteroatoms. The van der Waals surface area contributed by atoms with Crippen molar-refractivity contribution in [3.63, 3.8) is 0 Å². The van der Waals surface area contributed by atoms with Crippen LogP contribution in [-0.4, -0.2) is 50.0 Å². The minimum atomic E-state index is 0.229. The van der Waals surface area contributed by atoms with Gasteiger partial charge in [-0.15, -0.1) is 0 Å². The summed E-state index contributed by atoms with van der Waals surface area (Å²) in [6.07, 6.45) is 1.14. The Bertz CT molecular complexity index is 156. The highest BCUT2D eigenvalue weighted by Crippen LogP contribution is 2.28. The van der Waals surface area contributed by atoms with Crippen molar-refractivity contribution >= 4 is 0 Å². The molecule has 1 atom stereocenters. The number of hydrogen-bond acceptors (Lipinski definition) is 3. The number of morpholine rings is 1. The molecule has 0 amide bonds. The lowest BCUT2D eigenvalue weighted by molar-refractivity contribution is -0.0681. The average molecular weight is 231 g/mol.